The van der Waals surface area contributed by atoms with E-state index in [-0.39, 0.29) is 12.3 Å². The number of imidazole rings is 1. The Hall–Kier alpha value is -1.19. The fourth-order valence-corrected chi connectivity index (χ4v) is 4.37. The van der Waals surface area contributed by atoms with Gasteiger partial charge in [-0.3, -0.25) is 14.0 Å². The van der Waals surface area contributed by atoms with Crippen molar-refractivity contribution in [3.8, 4) is 0 Å². The molecule has 6 nitrogen and oxygen atoms in total. The van der Waals surface area contributed by atoms with Crippen molar-refractivity contribution < 1.29 is 14.7 Å². The van der Waals surface area contributed by atoms with Crippen molar-refractivity contribution in [3.63, 3.8) is 0 Å². The molecule has 0 fully saturated rings. The molecule has 0 radical (unpaired) electrons. The van der Waals surface area contributed by atoms with Gasteiger partial charge in [-0.25, -0.2) is 4.98 Å². The van der Waals surface area contributed by atoms with Crippen molar-refractivity contribution in [2.75, 3.05) is 18.1 Å². The van der Waals surface area contributed by atoms with Crippen LogP contribution in [0.1, 0.15) is 21.8 Å². The maximum Gasteiger partial charge on any atom is 0.304 e. The highest BCUT2D eigenvalue weighted by molar-refractivity contribution is 8.76. The van der Waals surface area contributed by atoms with Crippen molar-refractivity contribution in [3.05, 3.63) is 23.0 Å². The number of nitrogens with one attached hydrogen (secondary N) is 1. The summed E-state index contributed by atoms with van der Waals surface area (Å²) in [6.07, 6.45) is 3.83. The number of aryl methyl sites for hydroxylation is 1. The Bertz CT molecular complexity index is 607. The number of aliphatic carboxylic acids is 1. The minimum absolute atomic E-state index is 0.0979. The van der Waals surface area contributed by atoms with E-state index in [0.29, 0.717) is 17.2 Å². The number of thiazole rings is 1. The lowest BCUT2D eigenvalue weighted by Gasteiger charge is -2.02. The lowest BCUT2D eigenvalue weighted by molar-refractivity contribution is -0.136. The number of rotatable bonds is 8. The molecule has 2 rings (SSSR count). The summed E-state index contributed by atoms with van der Waals surface area (Å²) in [7, 11) is 3.07. The molecule has 2 N–H and O–H groups in total. The number of carboxylic acids is 1. The van der Waals surface area contributed by atoms with Crippen LogP contribution in [0.4, 0.5) is 0 Å². The van der Waals surface area contributed by atoms with Gasteiger partial charge in [0, 0.05) is 30.4 Å². The smallest absolute Gasteiger partial charge is 0.304 e. The van der Waals surface area contributed by atoms with Gasteiger partial charge in [0.05, 0.1) is 12.1 Å². The molecule has 0 unspecified atom stereocenters. The van der Waals surface area contributed by atoms with Crippen molar-refractivity contribution in [2.45, 2.75) is 13.3 Å². The molecular formula is C12H15N3O3S3. The largest absolute Gasteiger partial charge is 0.481 e. The summed E-state index contributed by atoms with van der Waals surface area (Å²) in [4.78, 5) is 28.0. The monoisotopic (exact) mass is 345 g/mol. The standard InChI is InChI=1S/C12H15N3O3S3/c1-8-6-15-7-9(21-12(15)14-8)11(18)13-3-5-20-19-4-2-10(16)17/h6-7H,2-5H2,1H3,(H,13,18)(H,16,17). The van der Waals surface area contributed by atoms with Crippen molar-refractivity contribution >= 4 is 49.8 Å². The predicted molar refractivity (Wildman–Crippen MR) is 87.3 cm³/mol. The fraction of sp³-hybridized carbons (Fsp3) is 0.417. The van der Waals surface area contributed by atoms with Crippen LogP contribution in [0.15, 0.2) is 12.4 Å². The van der Waals surface area contributed by atoms with Crippen LogP contribution in [-0.2, 0) is 4.79 Å². The summed E-state index contributed by atoms with van der Waals surface area (Å²) < 4.78 is 1.85. The summed E-state index contributed by atoms with van der Waals surface area (Å²) in [5.41, 5.74) is 0.933. The number of nitrogens with zero attached hydrogens (tertiary/aromatic N) is 2. The van der Waals surface area contributed by atoms with Crippen molar-refractivity contribution in [2.24, 2.45) is 0 Å². The van der Waals surface area contributed by atoms with E-state index in [9.17, 15) is 9.59 Å². The van der Waals surface area contributed by atoms with Crippen LogP contribution < -0.4 is 5.32 Å². The first-order valence-electron chi connectivity index (χ1n) is 6.26. The van der Waals surface area contributed by atoms with Crippen LogP contribution in [0.2, 0.25) is 0 Å². The highest BCUT2D eigenvalue weighted by atomic mass is 33.1. The first-order chi connectivity index (χ1) is 10.1. The number of carbonyl (C=O) groups is 2. The molecule has 0 spiro atoms. The van der Waals surface area contributed by atoms with Gasteiger partial charge in [-0.15, -0.1) is 0 Å². The van der Waals surface area contributed by atoms with E-state index in [1.807, 2.05) is 17.5 Å². The van der Waals surface area contributed by atoms with Gasteiger partial charge < -0.3 is 10.4 Å². The Kier molecular flexibility index (Phi) is 5.95. The molecule has 0 saturated carbocycles. The minimum Gasteiger partial charge on any atom is -0.481 e. The molecule has 0 aliphatic heterocycles. The van der Waals surface area contributed by atoms with Crippen LogP contribution in [0.5, 0.6) is 0 Å². The topological polar surface area (TPSA) is 83.7 Å². The molecule has 0 saturated heterocycles. The lowest BCUT2D eigenvalue weighted by Crippen LogP contribution is -2.24. The van der Waals surface area contributed by atoms with Gasteiger partial charge in [0.25, 0.3) is 5.91 Å². The highest BCUT2D eigenvalue weighted by Crippen LogP contribution is 2.21. The van der Waals surface area contributed by atoms with Gasteiger partial charge in [-0.05, 0) is 6.92 Å². The Morgan fingerprint density at radius 3 is 2.86 bits per heavy atom. The summed E-state index contributed by atoms with van der Waals surface area (Å²) >= 11 is 1.36. The molecule has 0 aliphatic carbocycles. The van der Waals surface area contributed by atoms with E-state index in [1.165, 1.54) is 22.1 Å². The van der Waals surface area contributed by atoms with Crippen LogP contribution in [-0.4, -0.2) is 44.4 Å². The molecular weight excluding hydrogens is 330 g/mol. The number of carbonyl (C=O) groups excluding carboxylic acids is 1. The van der Waals surface area contributed by atoms with E-state index in [0.717, 1.165) is 16.4 Å². The second-order valence-corrected chi connectivity index (χ2v) is 7.92. The predicted octanol–water partition coefficient (Wildman–Crippen LogP) is 2.29. The number of amides is 1. The Morgan fingerprint density at radius 2 is 2.14 bits per heavy atom. The van der Waals surface area contributed by atoms with Crippen LogP contribution >= 0.6 is 32.9 Å². The second kappa shape index (κ2) is 7.71. The third kappa shape index (κ3) is 4.94. The number of fused-ring (bicyclic) bond motifs is 1. The van der Waals surface area contributed by atoms with E-state index >= 15 is 0 Å². The summed E-state index contributed by atoms with van der Waals surface area (Å²) in [6, 6.07) is 0. The van der Waals surface area contributed by atoms with Gasteiger partial charge in [0.1, 0.15) is 4.88 Å². The van der Waals surface area contributed by atoms with Crippen LogP contribution in [0.3, 0.4) is 0 Å². The second-order valence-electron chi connectivity index (χ2n) is 4.21. The molecule has 21 heavy (non-hydrogen) atoms. The highest BCUT2D eigenvalue weighted by Gasteiger charge is 2.11. The van der Waals surface area contributed by atoms with E-state index in [4.69, 9.17) is 5.11 Å². The third-order valence-corrected chi connectivity index (χ3v) is 5.86. The average Bonchev–Trinajstić information content (AvgIpc) is 2.94. The Morgan fingerprint density at radius 1 is 1.38 bits per heavy atom. The van der Waals surface area contributed by atoms with Crippen molar-refractivity contribution in [1.82, 2.24) is 14.7 Å². The zero-order valence-electron chi connectivity index (χ0n) is 11.4. The van der Waals surface area contributed by atoms with Gasteiger partial charge in [-0.2, -0.15) is 0 Å². The quantitative estimate of drug-likeness (QED) is 0.564. The molecule has 0 atom stereocenters. The molecule has 2 heterocycles. The Labute approximate surface area is 133 Å². The molecule has 0 aliphatic rings. The maximum absolute atomic E-state index is 11.9. The van der Waals surface area contributed by atoms with Gasteiger partial charge in [-0.1, -0.05) is 32.9 Å². The first-order valence-corrected chi connectivity index (χ1v) is 9.56. The molecule has 9 heteroatoms. The maximum atomic E-state index is 11.9. The molecule has 0 aromatic carbocycles. The van der Waals surface area contributed by atoms with Crippen LogP contribution in [0.25, 0.3) is 4.96 Å². The van der Waals surface area contributed by atoms with Gasteiger partial charge in [0.15, 0.2) is 4.96 Å². The molecule has 2 aromatic heterocycles. The zero-order valence-corrected chi connectivity index (χ0v) is 13.8. The van der Waals surface area contributed by atoms with Gasteiger partial charge >= 0.3 is 5.97 Å². The third-order valence-electron chi connectivity index (χ3n) is 2.45. The van der Waals surface area contributed by atoms with E-state index in [1.54, 1.807) is 17.0 Å². The molecule has 0 bridgehead atoms. The number of hydrogen-bond acceptors (Lipinski definition) is 6. The van der Waals surface area contributed by atoms with E-state index in [2.05, 4.69) is 10.3 Å². The Balaban J connectivity index is 1.67. The number of carboxylic acid groups (broad SMARTS) is 1. The average molecular weight is 345 g/mol. The fourth-order valence-electron chi connectivity index (χ4n) is 1.56. The van der Waals surface area contributed by atoms with Gasteiger partial charge in [0.2, 0.25) is 0 Å². The number of aromatic nitrogens is 2. The zero-order chi connectivity index (χ0) is 15.2. The summed E-state index contributed by atoms with van der Waals surface area (Å²) in [5, 5.41) is 11.3. The van der Waals surface area contributed by atoms with Crippen LogP contribution in [0, 0.1) is 6.92 Å². The molecule has 2 aromatic rings. The SMILES string of the molecule is Cc1cn2cc(C(=O)NCCSSCCC(=O)O)sc2n1. The molecule has 1 amide bonds. The van der Waals surface area contributed by atoms with E-state index < -0.39 is 5.97 Å². The summed E-state index contributed by atoms with van der Waals surface area (Å²) in [5.74, 6) is 0.446. The lowest BCUT2D eigenvalue weighted by atomic mass is 10.5. The summed E-state index contributed by atoms with van der Waals surface area (Å²) in [6.45, 7) is 2.47. The van der Waals surface area contributed by atoms with Crippen molar-refractivity contribution in [1.29, 1.82) is 0 Å². The number of hydrogen-bond donors (Lipinski definition) is 2. The molecule has 114 valence electrons. The minimum atomic E-state index is -0.783. The normalized spacial score (nSPS) is 10.9. The first kappa shape index (κ1) is 16.2.